The van der Waals surface area contributed by atoms with Crippen molar-refractivity contribution in [1.82, 2.24) is 52.8 Å². The van der Waals surface area contributed by atoms with Crippen LogP contribution >= 0.6 is 0 Å². The summed E-state index contributed by atoms with van der Waals surface area (Å²) in [7, 11) is 0. The van der Waals surface area contributed by atoms with Gasteiger partial charge in [0.2, 0.25) is 59.1 Å². The molecule has 24 N–H and O–H groups in total. The maximum Gasteiger partial charge on any atom is 0.322 e. The number of aliphatic carboxylic acids is 1. The normalized spacial score (nSPS) is 15.8. The van der Waals surface area contributed by atoms with Crippen molar-refractivity contribution in [3.05, 3.63) is 35.9 Å². The van der Waals surface area contributed by atoms with Crippen molar-refractivity contribution in [2.24, 2.45) is 67.9 Å². The Labute approximate surface area is 534 Å². The van der Waals surface area contributed by atoms with Crippen LogP contribution in [-0.4, -0.2) is 187 Å². The summed E-state index contributed by atoms with van der Waals surface area (Å²) in [6, 6.07) is -2.13. The second kappa shape index (κ2) is 42.7. The third-order valence-corrected chi connectivity index (χ3v) is 15.1. The summed E-state index contributed by atoms with van der Waals surface area (Å²) >= 11 is 0. The molecule has 0 bridgehead atoms. The van der Waals surface area contributed by atoms with Gasteiger partial charge in [-0.2, -0.15) is 0 Å². The van der Waals surface area contributed by atoms with Crippen molar-refractivity contribution in [2.75, 3.05) is 45.8 Å². The monoisotopic (exact) mass is 1280 g/mol. The zero-order valence-corrected chi connectivity index (χ0v) is 53.9. The number of aliphatic imine (C=N–C) groups is 2. The third kappa shape index (κ3) is 30.9. The zero-order valence-electron chi connectivity index (χ0n) is 53.9. The fourth-order valence-electron chi connectivity index (χ4n) is 10.0. The standard InChI is InChI=1S/C60H105N19O12/c1-7-37(6)49(57(90)73-40(22-15-27-68-59(64)65)52(85)76-44(31-36(4)5)55(88)77-45(32-38-18-9-8-10-19-38)51(84)71-33-47(80)70-34-48(81)82)78-53(86)41(23-16-28-69-60(66)67)72-56(89)46-24-17-29-79(46)58(91)42(21-12-14-26-62)74-54(87)43(30-35(2)3)75-50(83)39(63)20-11-13-25-61/h8-10,18-19,35-37,39-46,49H,7,11-17,20-34,61-63H2,1-6H3,(H,70,80)(H,71,84)(H,72,89)(H,73,90)(H,74,87)(H,75,83)(H,76,85)(H,77,88)(H,78,86)(H,81,82)(H4,64,65,68)(H4,66,67,69)/t37-,39-,40-,41-,42-,43-,44-,45-,46-,49-/m0/s1. The minimum absolute atomic E-state index is 0.0351. The van der Waals surface area contributed by atoms with E-state index in [-0.39, 0.29) is 101 Å². The Hall–Kier alpha value is -8.19. The third-order valence-electron chi connectivity index (χ3n) is 15.1. The number of hydrogen-bond acceptors (Lipinski definition) is 16. The number of unbranched alkanes of at least 4 members (excludes halogenated alkanes) is 2. The van der Waals surface area contributed by atoms with Crippen LogP contribution < -0.4 is 88.0 Å². The predicted molar refractivity (Wildman–Crippen MR) is 344 cm³/mol. The van der Waals surface area contributed by atoms with Gasteiger partial charge in [0, 0.05) is 26.1 Å². The number of guanidine groups is 2. The molecule has 1 heterocycles. The molecule has 1 aliphatic rings. The molecule has 1 aromatic carbocycles. The van der Waals surface area contributed by atoms with E-state index in [2.05, 4.69) is 57.8 Å². The van der Waals surface area contributed by atoms with Crippen molar-refractivity contribution in [1.29, 1.82) is 0 Å². The molecule has 1 aromatic rings. The number of carboxylic acid groups (broad SMARTS) is 1. The highest BCUT2D eigenvalue weighted by atomic mass is 16.4. The number of rotatable bonds is 44. The minimum atomic E-state index is -1.38. The van der Waals surface area contributed by atoms with Crippen molar-refractivity contribution in [3.63, 3.8) is 0 Å². The molecule has 1 fully saturated rings. The molecule has 0 aliphatic carbocycles. The maximum absolute atomic E-state index is 14.7. The van der Waals surface area contributed by atoms with Gasteiger partial charge in [-0.25, -0.2) is 0 Å². The molecule has 31 heteroatoms. The Morgan fingerprint density at radius 3 is 1.57 bits per heavy atom. The lowest BCUT2D eigenvalue weighted by Gasteiger charge is -2.32. The number of carbonyl (C=O) groups excluding carboxylic acids is 10. The smallest absolute Gasteiger partial charge is 0.322 e. The highest BCUT2D eigenvalue weighted by molar-refractivity contribution is 5.99. The number of amides is 10. The van der Waals surface area contributed by atoms with Crippen LogP contribution in [0.5, 0.6) is 0 Å². The van der Waals surface area contributed by atoms with E-state index < -0.39 is 138 Å². The van der Waals surface area contributed by atoms with Gasteiger partial charge in [-0.3, -0.25) is 62.7 Å². The number of carboxylic acids is 1. The lowest BCUT2D eigenvalue weighted by atomic mass is 9.96. The number of carbonyl (C=O) groups is 11. The molecule has 91 heavy (non-hydrogen) atoms. The van der Waals surface area contributed by atoms with E-state index in [0.717, 1.165) is 0 Å². The molecule has 10 amide bonds. The molecular weight excluding hydrogens is 1180 g/mol. The highest BCUT2D eigenvalue weighted by Gasteiger charge is 2.41. The molecule has 512 valence electrons. The molecule has 0 saturated carbocycles. The number of nitrogens with one attached hydrogen (secondary N) is 9. The fraction of sp³-hybridized carbons (Fsp3) is 0.683. The highest BCUT2D eigenvalue weighted by Crippen LogP contribution is 2.22. The summed E-state index contributed by atoms with van der Waals surface area (Å²) in [5.74, 6) is -9.72. The van der Waals surface area contributed by atoms with E-state index >= 15 is 0 Å². The van der Waals surface area contributed by atoms with Crippen LogP contribution in [0.4, 0.5) is 0 Å². The number of likely N-dealkylation sites (tertiary alicyclic amines) is 1. The number of nitrogens with two attached hydrogens (primary N) is 7. The summed E-state index contributed by atoms with van der Waals surface area (Å²) in [6.07, 6.45) is 4.13. The first-order valence-electron chi connectivity index (χ1n) is 31.6. The van der Waals surface area contributed by atoms with Gasteiger partial charge in [0.1, 0.15) is 54.9 Å². The van der Waals surface area contributed by atoms with Crippen LogP contribution in [0.25, 0.3) is 0 Å². The van der Waals surface area contributed by atoms with Gasteiger partial charge in [0.05, 0.1) is 12.6 Å². The Kier molecular flexibility index (Phi) is 37.1. The van der Waals surface area contributed by atoms with Gasteiger partial charge in [0.25, 0.3) is 0 Å². The SMILES string of the molecule is CC[C@H](C)[C@H](NC(=O)[C@H](CCCN=C(N)N)NC(=O)[C@@H]1CCCN1C(=O)[C@H](CCCCN)NC(=O)[C@H](CC(C)C)NC(=O)[C@@H](N)CCCCN)C(=O)N[C@@H](CCCN=C(N)N)C(=O)N[C@@H](CC(C)C)C(=O)N[C@@H](Cc1ccccc1)C(=O)NCC(=O)NCC(=O)O. The maximum atomic E-state index is 14.7. The predicted octanol–water partition coefficient (Wildman–Crippen LogP) is -3.24. The summed E-state index contributed by atoms with van der Waals surface area (Å²) < 4.78 is 0. The van der Waals surface area contributed by atoms with Gasteiger partial charge >= 0.3 is 5.97 Å². The van der Waals surface area contributed by atoms with Crippen LogP contribution in [0.2, 0.25) is 0 Å². The molecule has 1 saturated heterocycles. The van der Waals surface area contributed by atoms with Gasteiger partial charge in [-0.05, 0) is 120 Å². The van der Waals surface area contributed by atoms with Crippen LogP contribution in [0.1, 0.15) is 143 Å². The summed E-state index contributed by atoms with van der Waals surface area (Å²) in [6.45, 7) is 10.5. The number of hydrogen-bond donors (Lipinski definition) is 17. The molecule has 0 aromatic heterocycles. The van der Waals surface area contributed by atoms with Crippen molar-refractivity contribution in [3.8, 4) is 0 Å². The Bertz CT molecular complexity index is 2570. The van der Waals surface area contributed by atoms with Crippen LogP contribution in [0.3, 0.4) is 0 Å². The molecule has 1 aliphatic heterocycles. The van der Waals surface area contributed by atoms with Crippen LogP contribution in [0.15, 0.2) is 40.3 Å². The Morgan fingerprint density at radius 1 is 0.560 bits per heavy atom. The van der Waals surface area contributed by atoms with Crippen LogP contribution in [0, 0.1) is 17.8 Å². The fourth-order valence-corrected chi connectivity index (χ4v) is 10.0. The number of nitrogens with zero attached hydrogens (tertiary/aromatic N) is 3. The van der Waals surface area contributed by atoms with Gasteiger partial charge in [-0.15, -0.1) is 0 Å². The van der Waals surface area contributed by atoms with Gasteiger partial charge < -0.3 is 98.0 Å². The van der Waals surface area contributed by atoms with Gasteiger partial charge in [-0.1, -0.05) is 84.7 Å². The first-order valence-corrected chi connectivity index (χ1v) is 31.6. The van der Waals surface area contributed by atoms with Gasteiger partial charge in [0.15, 0.2) is 11.9 Å². The molecular formula is C60H105N19O12. The summed E-state index contributed by atoms with van der Waals surface area (Å²) in [4.78, 5) is 161. The zero-order chi connectivity index (χ0) is 68.2. The van der Waals surface area contributed by atoms with E-state index in [1.807, 2.05) is 13.8 Å². The average Bonchev–Trinajstić information content (AvgIpc) is 1.82. The molecule has 2 rings (SSSR count). The Balaban J connectivity index is 2.51. The second-order valence-corrected chi connectivity index (χ2v) is 23.8. The first kappa shape index (κ1) is 78.9. The van der Waals surface area contributed by atoms with E-state index in [1.54, 1.807) is 58.0 Å². The lowest BCUT2D eigenvalue weighted by Crippen LogP contribution is -2.61. The topological polar surface area (TPSA) is 526 Å². The summed E-state index contributed by atoms with van der Waals surface area (Å²) in [5, 5.41) is 32.9. The first-order chi connectivity index (χ1) is 43.1. The minimum Gasteiger partial charge on any atom is -0.480 e. The summed E-state index contributed by atoms with van der Waals surface area (Å²) in [5.41, 5.74) is 40.6. The van der Waals surface area contributed by atoms with E-state index in [4.69, 9.17) is 45.2 Å². The van der Waals surface area contributed by atoms with E-state index in [0.29, 0.717) is 63.6 Å². The molecule has 31 nitrogen and oxygen atoms in total. The molecule has 10 atom stereocenters. The average molecular weight is 1280 g/mol. The molecule has 0 radical (unpaired) electrons. The molecule has 0 unspecified atom stereocenters. The van der Waals surface area contributed by atoms with E-state index in [1.165, 1.54) is 4.90 Å². The number of benzene rings is 1. The largest absolute Gasteiger partial charge is 0.480 e. The Morgan fingerprint density at radius 2 is 1.04 bits per heavy atom. The van der Waals surface area contributed by atoms with Crippen LogP contribution in [-0.2, 0) is 59.2 Å². The van der Waals surface area contributed by atoms with Crippen molar-refractivity contribution < 1.29 is 57.8 Å². The molecule has 0 spiro atoms. The quantitative estimate of drug-likeness (QED) is 0.0173. The van der Waals surface area contributed by atoms with Crippen molar-refractivity contribution >= 4 is 77.0 Å². The van der Waals surface area contributed by atoms with Crippen molar-refractivity contribution in [2.45, 2.75) is 199 Å². The second-order valence-electron chi connectivity index (χ2n) is 23.8. The lowest BCUT2D eigenvalue weighted by molar-refractivity contribution is -0.143. The van der Waals surface area contributed by atoms with E-state index in [9.17, 15) is 52.7 Å².